The second-order valence-electron chi connectivity index (χ2n) is 7.59. The number of carboxylic acids is 1. The average Bonchev–Trinajstić information content (AvgIpc) is 3.33. The lowest BCUT2D eigenvalue weighted by atomic mass is 9.96. The first-order valence-electron chi connectivity index (χ1n) is 9.81. The Hall–Kier alpha value is -3.22. The number of halogens is 4. The summed E-state index contributed by atoms with van der Waals surface area (Å²) in [4.78, 5) is 29.7. The maximum absolute atomic E-state index is 13.6. The molecule has 1 saturated heterocycles. The van der Waals surface area contributed by atoms with Crippen molar-refractivity contribution in [3.8, 4) is 5.75 Å². The van der Waals surface area contributed by atoms with E-state index in [9.17, 15) is 27.9 Å². The highest BCUT2D eigenvalue weighted by Gasteiger charge is 2.49. The zero-order chi connectivity index (χ0) is 24.1. The van der Waals surface area contributed by atoms with Crippen LogP contribution in [0.5, 0.6) is 5.75 Å². The number of carbonyl (C=O) groups excluding carboxylic acids is 1. The molecule has 2 atom stereocenters. The molecule has 1 fully saturated rings. The van der Waals surface area contributed by atoms with Crippen molar-refractivity contribution in [2.75, 3.05) is 18.3 Å². The molecule has 1 unspecified atom stereocenters. The zero-order valence-corrected chi connectivity index (χ0v) is 18.1. The Morgan fingerprint density at radius 1 is 1.33 bits per heavy atom. The molecule has 3 heterocycles. The van der Waals surface area contributed by atoms with Gasteiger partial charge in [-0.3, -0.25) is 0 Å². The van der Waals surface area contributed by atoms with Crippen LogP contribution in [0.15, 0.2) is 16.3 Å². The molecule has 0 bridgehead atoms. The molecule has 0 radical (unpaired) electrons. The number of carbonyl (C=O) groups is 2. The lowest BCUT2D eigenvalue weighted by Crippen LogP contribution is -2.42. The van der Waals surface area contributed by atoms with Crippen LogP contribution >= 0.6 is 11.6 Å². The van der Waals surface area contributed by atoms with Gasteiger partial charge >= 0.3 is 18.1 Å². The highest BCUT2D eigenvalue weighted by molar-refractivity contribution is 6.32. The second kappa shape index (κ2) is 8.28. The molecule has 1 aromatic heterocycles. The third kappa shape index (κ3) is 4.36. The van der Waals surface area contributed by atoms with Gasteiger partial charge in [-0.15, -0.1) is 0 Å². The molecular formula is C19H19ClF3N3O7. The molecule has 180 valence electrons. The van der Waals surface area contributed by atoms with Crippen molar-refractivity contribution in [2.24, 2.45) is 0 Å². The standard InChI is InChI=1S/C19H19ClF3N3O7/c1-9-6-14-11(10(2)15(9)20)7-12(16(32-14)19(21,22)23)18(29)30-8-31-26-25(33-26)24-5-3-4-13(24)17(27)28/h6-7,13,16H,3-5,8H2,1-2H3,(H,27,28)/t13?,16-,25?,26?/m0/s1. The molecule has 0 spiro atoms. The number of aliphatic carboxylic acids is 1. The van der Waals surface area contributed by atoms with E-state index in [0.717, 1.165) is 16.1 Å². The van der Waals surface area contributed by atoms with Gasteiger partial charge in [0, 0.05) is 17.1 Å². The lowest BCUT2D eigenvalue weighted by molar-refractivity contribution is -0.190. The minimum atomic E-state index is -4.88. The number of fused-ring (bicyclic) bond motifs is 1. The van der Waals surface area contributed by atoms with Gasteiger partial charge in [-0.1, -0.05) is 11.6 Å². The van der Waals surface area contributed by atoms with Gasteiger partial charge in [0.2, 0.25) is 6.10 Å². The van der Waals surface area contributed by atoms with Crippen molar-refractivity contribution >= 4 is 29.6 Å². The third-order valence-corrected chi connectivity index (χ3v) is 5.97. The fourth-order valence-electron chi connectivity index (χ4n) is 3.72. The van der Waals surface area contributed by atoms with E-state index in [2.05, 4.69) is 0 Å². The number of esters is 1. The number of ether oxygens (including phenoxy) is 2. The third-order valence-electron chi connectivity index (χ3n) is 5.39. The summed E-state index contributed by atoms with van der Waals surface area (Å²) in [5, 5.41) is 11.7. The van der Waals surface area contributed by atoms with Gasteiger partial charge in [-0.25, -0.2) is 14.6 Å². The van der Waals surface area contributed by atoms with E-state index in [1.807, 2.05) is 0 Å². The quantitative estimate of drug-likeness (QED) is 0.483. The smallest absolute Gasteiger partial charge is 0.430 e. The molecule has 2 aliphatic heterocycles. The summed E-state index contributed by atoms with van der Waals surface area (Å²) in [5.41, 5.74) is 0.470. The van der Waals surface area contributed by atoms with Gasteiger partial charge in [-0.2, -0.15) is 17.8 Å². The predicted molar refractivity (Wildman–Crippen MR) is 105 cm³/mol. The highest BCUT2D eigenvalue weighted by atomic mass is 35.5. The molecule has 1 N–H and O–H groups in total. The Bertz CT molecular complexity index is 1120. The van der Waals surface area contributed by atoms with Crippen molar-refractivity contribution in [1.82, 2.24) is 9.98 Å². The molecule has 0 saturated carbocycles. The second-order valence-corrected chi connectivity index (χ2v) is 7.97. The van der Waals surface area contributed by atoms with Gasteiger partial charge in [-0.05, 0) is 50.0 Å². The molecule has 4 rings (SSSR count). The van der Waals surface area contributed by atoms with Crippen molar-refractivity contribution in [3.05, 3.63) is 33.4 Å². The van der Waals surface area contributed by atoms with E-state index in [4.69, 9.17) is 30.5 Å². The first-order chi connectivity index (χ1) is 15.5. The van der Waals surface area contributed by atoms with Gasteiger partial charge in [0.1, 0.15) is 16.8 Å². The minimum absolute atomic E-state index is 0.0451. The molecule has 14 heteroatoms. The molecular weight excluding hydrogens is 475 g/mol. The van der Waals surface area contributed by atoms with Crippen LogP contribution in [0.1, 0.15) is 29.5 Å². The monoisotopic (exact) mass is 493 g/mol. The Morgan fingerprint density at radius 2 is 2.06 bits per heavy atom. The Labute approximate surface area is 189 Å². The SMILES string of the molecule is Cc1cc2c(c(C)c1Cl)C=C(C(=O)OCOn1on1N1CCCC1C(=O)O)[C@@H](C(F)(F)F)O2. The maximum atomic E-state index is 13.6. The van der Waals surface area contributed by atoms with E-state index >= 15 is 0 Å². The van der Waals surface area contributed by atoms with Gasteiger partial charge < -0.3 is 19.4 Å². The van der Waals surface area contributed by atoms with Crippen LogP contribution in [0.3, 0.4) is 0 Å². The van der Waals surface area contributed by atoms with E-state index in [1.165, 1.54) is 11.1 Å². The summed E-state index contributed by atoms with van der Waals surface area (Å²) in [5.74, 6) is -2.39. The summed E-state index contributed by atoms with van der Waals surface area (Å²) in [6.07, 6.45) is -5.34. The summed E-state index contributed by atoms with van der Waals surface area (Å²) in [6, 6.07) is 0.567. The normalized spacial score (nSPS) is 20.3. The number of carboxylic acid groups (broad SMARTS) is 1. The summed E-state index contributed by atoms with van der Waals surface area (Å²) in [7, 11) is 0. The highest BCUT2D eigenvalue weighted by Crippen LogP contribution is 2.41. The molecule has 0 amide bonds. The van der Waals surface area contributed by atoms with Crippen LogP contribution in [-0.4, -0.2) is 58.7 Å². The number of aryl methyl sites for hydroxylation is 1. The molecule has 0 aliphatic carbocycles. The number of aromatic nitrogens is 2. The number of benzene rings is 1. The fraction of sp³-hybridized carbons (Fsp3) is 0.474. The molecule has 33 heavy (non-hydrogen) atoms. The number of alkyl halides is 3. The first kappa shape index (κ1) is 23.0. The van der Waals surface area contributed by atoms with Crippen LogP contribution in [0.2, 0.25) is 5.02 Å². The summed E-state index contributed by atoms with van der Waals surface area (Å²) < 4.78 is 55.7. The lowest BCUT2D eigenvalue weighted by Gasteiger charge is -2.29. The molecule has 2 aromatic rings. The van der Waals surface area contributed by atoms with Crippen LogP contribution in [0.4, 0.5) is 13.2 Å². The van der Waals surface area contributed by atoms with E-state index < -0.39 is 42.6 Å². The number of nitrogens with zero attached hydrogens (tertiary/aromatic N) is 3. The number of hydrogen-bond acceptors (Lipinski definition) is 7. The van der Waals surface area contributed by atoms with Crippen molar-refractivity contribution < 1.29 is 46.8 Å². The fourth-order valence-corrected chi connectivity index (χ4v) is 3.88. The summed E-state index contributed by atoms with van der Waals surface area (Å²) in [6.45, 7) is 2.84. The predicted octanol–water partition coefficient (Wildman–Crippen LogP) is 2.67. The van der Waals surface area contributed by atoms with Crippen molar-refractivity contribution in [2.45, 2.75) is 45.0 Å². The number of hydrogen-bond donors (Lipinski definition) is 1. The van der Waals surface area contributed by atoms with Crippen LogP contribution in [0, 0.1) is 13.8 Å². The van der Waals surface area contributed by atoms with E-state index in [-0.39, 0.29) is 11.3 Å². The van der Waals surface area contributed by atoms with Gasteiger partial charge in [0.05, 0.1) is 10.5 Å². The molecule has 2 aliphatic rings. The Balaban J connectivity index is 1.46. The maximum Gasteiger partial charge on any atom is 0.430 e. The average molecular weight is 494 g/mol. The number of rotatable bonds is 6. The van der Waals surface area contributed by atoms with Crippen LogP contribution in [0.25, 0.3) is 6.08 Å². The largest absolute Gasteiger partial charge is 0.480 e. The van der Waals surface area contributed by atoms with Gasteiger partial charge in [0.25, 0.3) is 6.79 Å². The first-order valence-corrected chi connectivity index (χ1v) is 10.2. The Kier molecular flexibility index (Phi) is 5.76. The van der Waals surface area contributed by atoms with E-state index in [0.29, 0.717) is 35.5 Å². The topological polar surface area (TPSA) is 108 Å². The van der Waals surface area contributed by atoms with Crippen LogP contribution < -0.4 is 14.6 Å². The molecule has 1 aromatic carbocycles. The van der Waals surface area contributed by atoms with Crippen molar-refractivity contribution in [3.63, 3.8) is 0 Å². The van der Waals surface area contributed by atoms with E-state index in [1.54, 1.807) is 13.8 Å². The van der Waals surface area contributed by atoms with Gasteiger partial charge in [0.15, 0.2) is 0 Å². The zero-order valence-electron chi connectivity index (χ0n) is 17.4. The summed E-state index contributed by atoms with van der Waals surface area (Å²) >= 11 is 6.18. The Morgan fingerprint density at radius 3 is 2.73 bits per heavy atom. The molecule has 10 nitrogen and oxygen atoms in total. The van der Waals surface area contributed by atoms with Crippen LogP contribution in [-0.2, 0) is 14.3 Å². The minimum Gasteiger partial charge on any atom is -0.480 e. The van der Waals surface area contributed by atoms with Crippen molar-refractivity contribution in [1.29, 1.82) is 0 Å².